The molecule has 2 N–H and O–H groups in total. The van der Waals surface area contributed by atoms with Gasteiger partial charge in [0.15, 0.2) is 5.78 Å². The molecule has 2 aliphatic rings. The lowest BCUT2D eigenvalue weighted by Crippen LogP contribution is -2.52. The summed E-state index contributed by atoms with van der Waals surface area (Å²) in [4.78, 5) is 14.5. The normalized spacial score (nSPS) is 21.3. The Bertz CT molecular complexity index is 501. The van der Waals surface area contributed by atoms with Crippen molar-refractivity contribution in [2.45, 2.75) is 31.2 Å². The highest BCUT2D eigenvalue weighted by molar-refractivity contribution is 5.95. The fourth-order valence-corrected chi connectivity index (χ4v) is 3.42. The molecule has 0 unspecified atom stereocenters. The van der Waals surface area contributed by atoms with Gasteiger partial charge in [-0.1, -0.05) is 0 Å². The van der Waals surface area contributed by atoms with Crippen LogP contribution in [0, 0.1) is 5.82 Å². The van der Waals surface area contributed by atoms with Crippen molar-refractivity contribution in [1.29, 1.82) is 0 Å². The lowest BCUT2D eigenvalue weighted by molar-refractivity contribution is 0.0967. The number of nitrogens with zero attached hydrogens (tertiary/aromatic N) is 1. The van der Waals surface area contributed by atoms with Crippen LogP contribution in [0.4, 0.5) is 4.39 Å². The summed E-state index contributed by atoms with van der Waals surface area (Å²) in [6.45, 7) is 5.16. The number of piperidine rings is 1. The highest BCUT2D eigenvalue weighted by atomic mass is 19.1. The van der Waals surface area contributed by atoms with Crippen molar-refractivity contribution in [2.24, 2.45) is 0 Å². The number of hydrogen-bond acceptors (Lipinski definition) is 4. The van der Waals surface area contributed by atoms with Gasteiger partial charge in [-0.3, -0.25) is 10.1 Å². The molecule has 0 amide bonds. The third kappa shape index (κ3) is 3.72. The lowest BCUT2D eigenvalue weighted by atomic mass is 9.88. The van der Waals surface area contributed by atoms with E-state index in [2.05, 4.69) is 15.5 Å². The van der Waals surface area contributed by atoms with Crippen molar-refractivity contribution in [3.63, 3.8) is 0 Å². The Kier molecular flexibility index (Phi) is 4.86. The standard InChI is InChI=1S/C17H24FN3O/c18-15-5-3-14(4-6-15)16(22)2-1-9-21-10-7-17(8-11-21)12-19-13-20-17/h3-6,19-20H,1-2,7-13H2. The zero-order valence-corrected chi connectivity index (χ0v) is 12.9. The number of hydrogen-bond donors (Lipinski definition) is 2. The van der Waals surface area contributed by atoms with E-state index < -0.39 is 0 Å². The van der Waals surface area contributed by atoms with E-state index in [1.807, 2.05) is 0 Å². The summed E-state index contributed by atoms with van der Waals surface area (Å²) in [5.74, 6) is -0.191. The van der Waals surface area contributed by atoms with Crippen LogP contribution >= 0.6 is 0 Å². The van der Waals surface area contributed by atoms with Crippen LogP contribution < -0.4 is 10.6 Å². The summed E-state index contributed by atoms with van der Waals surface area (Å²) in [5.41, 5.74) is 0.917. The number of halogens is 1. The molecule has 0 saturated carbocycles. The van der Waals surface area contributed by atoms with Crippen LogP contribution in [0.5, 0.6) is 0 Å². The minimum absolute atomic E-state index is 0.107. The number of carbonyl (C=O) groups is 1. The predicted octanol–water partition coefficient (Wildman–Crippen LogP) is 1.77. The maximum absolute atomic E-state index is 12.8. The molecular weight excluding hydrogens is 281 g/mol. The summed E-state index contributed by atoms with van der Waals surface area (Å²) in [6, 6.07) is 5.84. The van der Waals surface area contributed by atoms with E-state index in [9.17, 15) is 9.18 Å². The van der Waals surface area contributed by atoms with Crippen LogP contribution in [0.15, 0.2) is 24.3 Å². The van der Waals surface area contributed by atoms with Gasteiger partial charge in [0.1, 0.15) is 5.82 Å². The number of carbonyl (C=O) groups excluding carboxylic acids is 1. The molecular formula is C17H24FN3O. The van der Waals surface area contributed by atoms with Gasteiger partial charge in [-0.15, -0.1) is 0 Å². The highest BCUT2D eigenvalue weighted by Gasteiger charge is 2.36. The summed E-state index contributed by atoms with van der Waals surface area (Å²) in [7, 11) is 0. The van der Waals surface area contributed by atoms with Gasteiger partial charge in [0.2, 0.25) is 0 Å². The quantitative estimate of drug-likeness (QED) is 0.814. The lowest BCUT2D eigenvalue weighted by Gasteiger charge is -2.39. The Morgan fingerprint density at radius 1 is 1.23 bits per heavy atom. The minimum atomic E-state index is -0.297. The molecule has 1 aromatic rings. The number of benzene rings is 1. The van der Waals surface area contributed by atoms with E-state index >= 15 is 0 Å². The van der Waals surface area contributed by atoms with Gasteiger partial charge in [-0.2, -0.15) is 0 Å². The van der Waals surface area contributed by atoms with Crippen molar-refractivity contribution < 1.29 is 9.18 Å². The first-order chi connectivity index (χ1) is 10.7. The molecule has 120 valence electrons. The number of likely N-dealkylation sites (tertiary alicyclic amines) is 1. The Morgan fingerprint density at radius 2 is 1.95 bits per heavy atom. The number of Topliss-reactive ketones (excluding diaryl/α,β-unsaturated/α-hetero) is 1. The first kappa shape index (κ1) is 15.6. The Morgan fingerprint density at radius 3 is 2.59 bits per heavy atom. The van der Waals surface area contributed by atoms with Gasteiger partial charge >= 0.3 is 0 Å². The van der Waals surface area contributed by atoms with E-state index in [1.54, 1.807) is 12.1 Å². The SMILES string of the molecule is O=C(CCCN1CCC2(CC1)CNCN2)c1ccc(F)cc1. The second-order valence-corrected chi connectivity index (χ2v) is 6.44. The molecule has 0 aromatic heterocycles. The molecule has 0 radical (unpaired) electrons. The second-order valence-electron chi connectivity index (χ2n) is 6.44. The smallest absolute Gasteiger partial charge is 0.162 e. The Labute approximate surface area is 131 Å². The van der Waals surface area contributed by atoms with Gasteiger partial charge in [-0.05, 0) is 63.2 Å². The van der Waals surface area contributed by atoms with Gasteiger partial charge in [-0.25, -0.2) is 4.39 Å². The van der Waals surface area contributed by atoms with Gasteiger partial charge < -0.3 is 10.2 Å². The van der Waals surface area contributed by atoms with Gasteiger partial charge in [0.25, 0.3) is 0 Å². The van der Waals surface area contributed by atoms with Crippen LogP contribution in [-0.4, -0.2) is 49.1 Å². The number of rotatable bonds is 5. The predicted molar refractivity (Wildman–Crippen MR) is 84.4 cm³/mol. The summed E-state index contributed by atoms with van der Waals surface area (Å²) < 4.78 is 12.8. The third-order valence-corrected chi connectivity index (χ3v) is 4.91. The van der Waals surface area contributed by atoms with E-state index in [1.165, 1.54) is 25.0 Å². The van der Waals surface area contributed by atoms with Crippen LogP contribution in [0.2, 0.25) is 0 Å². The zero-order valence-electron chi connectivity index (χ0n) is 12.9. The summed E-state index contributed by atoms with van der Waals surface area (Å²) >= 11 is 0. The molecule has 2 saturated heterocycles. The fourth-order valence-electron chi connectivity index (χ4n) is 3.42. The second kappa shape index (κ2) is 6.86. The van der Waals surface area contributed by atoms with Crippen LogP contribution in [-0.2, 0) is 0 Å². The number of nitrogens with one attached hydrogen (secondary N) is 2. The third-order valence-electron chi connectivity index (χ3n) is 4.91. The first-order valence-corrected chi connectivity index (χ1v) is 8.14. The molecule has 22 heavy (non-hydrogen) atoms. The van der Waals surface area contributed by atoms with Crippen LogP contribution in [0.1, 0.15) is 36.0 Å². The minimum Gasteiger partial charge on any atom is -0.303 e. The van der Waals surface area contributed by atoms with Crippen molar-refractivity contribution >= 4 is 5.78 Å². The number of ketones is 1. The van der Waals surface area contributed by atoms with E-state index in [0.29, 0.717) is 17.5 Å². The van der Waals surface area contributed by atoms with Crippen molar-refractivity contribution in [2.75, 3.05) is 32.8 Å². The highest BCUT2D eigenvalue weighted by Crippen LogP contribution is 2.23. The average molecular weight is 305 g/mol. The molecule has 2 fully saturated rings. The molecule has 3 rings (SSSR count). The summed E-state index contributed by atoms with van der Waals surface area (Å²) in [6.07, 6.45) is 3.75. The Balaban J connectivity index is 1.38. The first-order valence-electron chi connectivity index (χ1n) is 8.14. The van der Waals surface area contributed by atoms with Gasteiger partial charge in [0.05, 0.1) is 0 Å². The van der Waals surface area contributed by atoms with Crippen molar-refractivity contribution in [3.8, 4) is 0 Å². The molecule has 0 aliphatic carbocycles. The Hall–Kier alpha value is -1.30. The monoisotopic (exact) mass is 305 g/mol. The molecule has 4 nitrogen and oxygen atoms in total. The van der Waals surface area contributed by atoms with E-state index in [-0.39, 0.29) is 11.6 Å². The molecule has 0 atom stereocenters. The van der Waals surface area contributed by atoms with Crippen molar-refractivity contribution in [3.05, 3.63) is 35.6 Å². The molecule has 2 aliphatic heterocycles. The van der Waals surface area contributed by atoms with Gasteiger partial charge in [0, 0.05) is 30.7 Å². The average Bonchev–Trinajstić information content (AvgIpc) is 2.98. The van der Waals surface area contributed by atoms with E-state index in [0.717, 1.165) is 39.3 Å². The zero-order chi connectivity index (χ0) is 15.4. The van der Waals surface area contributed by atoms with E-state index in [4.69, 9.17) is 0 Å². The fraction of sp³-hybridized carbons (Fsp3) is 0.588. The van der Waals surface area contributed by atoms with Crippen LogP contribution in [0.3, 0.4) is 0 Å². The molecule has 0 bridgehead atoms. The van der Waals surface area contributed by atoms with Crippen molar-refractivity contribution in [1.82, 2.24) is 15.5 Å². The molecule has 1 aromatic carbocycles. The summed E-state index contributed by atoms with van der Waals surface area (Å²) in [5, 5.41) is 6.95. The largest absolute Gasteiger partial charge is 0.303 e. The molecule has 1 spiro atoms. The maximum Gasteiger partial charge on any atom is 0.162 e. The maximum atomic E-state index is 12.8. The molecule has 2 heterocycles. The van der Waals surface area contributed by atoms with Crippen LogP contribution in [0.25, 0.3) is 0 Å². The molecule has 5 heteroatoms. The topological polar surface area (TPSA) is 44.4 Å².